The summed E-state index contributed by atoms with van der Waals surface area (Å²) in [6.45, 7) is 0. The number of fused-ring (bicyclic) bond motifs is 5. The summed E-state index contributed by atoms with van der Waals surface area (Å²) in [4.78, 5) is 58.7. The van der Waals surface area contributed by atoms with Gasteiger partial charge in [0.05, 0.1) is 31.7 Å². The van der Waals surface area contributed by atoms with Gasteiger partial charge < -0.3 is 19.0 Å². The maximum atomic E-state index is 14.4. The number of imide groups is 2. The Morgan fingerprint density at radius 1 is 0.918 bits per heavy atom. The number of aromatic hydroxyl groups is 1. The van der Waals surface area contributed by atoms with Gasteiger partial charge in [-0.2, -0.15) is 0 Å². The molecule has 4 aliphatic rings. The molecule has 3 heterocycles. The summed E-state index contributed by atoms with van der Waals surface area (Å²) in [6, 6.07) is 17.2. The van der Waals surface area contributed by atoms with Gasteiger partial charge in [0.25, 0.3) is 11.8 Å². The number of phenolic OH excluding ortho intramolecular Hbond substituents is 1. The van der Waals surface area contributed by atoms with Crippen LogP contribution in [0.5, 0.6) is 17.2 Å². The van der Waals surface area contributed by atoms with Crippen molar-refractivity contribution in [2.75, 3.05) is 26.2 Å². The third-order valence-corrected chi connectivity index (χ3v) is 11.9. The Morgan fingerprint density at radius 3 is 2.24 bits per heavy atom. The van der Waals surface area contributed by atoms with E-state index in [4.69, 9.17) is 37.1 Å². The molecule has 0 bridgehead atoms. The Kier molecular flexibility index (Phi) is 6.93. The number of carbonyl (C=O) groups is 4. The highest BCUT2D eigenvalue weighted by Gasteiger charge is 2.76. The van der Waals surface area contributed by atoms with E-state index >= 15 is 0 Å². The van der Waals surface area contributed by atoms with Gasteiger partial charge in [-0.25, -0.2) is 4.98 Å². The van der Waals surface area contributed by atoms with Crippen LogP contribution in [-0.4, -0.2) is 69.6 Å². The van der Waals surface area contributed by atoms with Gasteiger partial charge in [-0.15, -0.1) is 23.2 Å². The van der Waals surface area contributed by atoms with Crippen LogP contribution in [0, 0.1) is 17.8 Å². The van der Waals surface area contributed by atoms with Gasteiger partial charge in [-0.05, 0) is 72.9 Å². The van der Waals surface area contributed by atoms with Crippen LogP contribution in [0.15, 0.2) is 76.7 Å². The topological polar surface area (TPSA) is 139 Å². The lowest BCUT2D eigenvalue weighted by Crippen LogP contribution is -2.60. The Bertz CT molecular complexity index is 2090. The van der Waals surface area contributed by atoms with Crippen LogP contribution in [0.1, 0.15) is 24.3 Å². The molecule has 11 nitrogen and oxygen atoms in total. The molecule has 3 fully saturated rings. The van der Waals surface area contributed by atoms with Gasteiger partial charge in [-0.3, -0.25) is 29.0 Å². The number of amides is 4. The molecule has 1 saturated carbocycles. The highest BCUT2D eigenvalue weighted by Crippen LogP contribution is 2.66. The van der Waals surface area contributed by atoms with Crippen LogP contribution in [0.4, 0.5) is 5.69 Å². The molecule has 8 rings (SSSR count). The standard InChI is InChI=1S/C36H29Cl2N3O8/c1-40-33(45)35(37)16-22-20(28(36(35,38)34(40)46)18-14-25(47-2)29(42)26(15-18)48-3)12-13-21-27(22)32(44)41(31(21)43)19-10-8-17(9-11-19)30-39-23-6-4-5-7-24(23)49-30/h4-12,14-15,21-22,27-28,42H,13,16H2,1-3H3. The number of carbonyl (C=O) groups excluding carboxylic acids is 4. The Hall–Kier alpha value is -4.87. The number of rotatable bonds is 5. The van der Waals surface area contributed by atoms with Crippen molar-refractivity contribution < 1.29 is 38.2 Å². The fourth-order valence-corrected chi connectivity index (χ4v) is 9.22. The van der Waals surface area contributed by atoms with Crippen molar-refractivity contribution in [1.82, 2.24) is 9.88 Å². The molecular weight excluding hydrogens is 673 g/mol. The van der Waals surface area contributed by atoms with Gasteiger partial charge in [0.2, 0.25) is 23.5 Å². The lowest BCUT2D eigenvalue weighted by atomic mass is 9.56. The van der Waals surface area contributed by atoms with Crippen LogP contribution in [0.3, 0.4) is 0 Å². The van der Waals surface area contributed by atoms with Crippen LogP contribution in [0.25, 0.3) is 22.6 Å². The quantitative estimate of drug-likeness (QED) is 0.164. The number of nitrogens with zero attached hydrogens (tertiary/aromatic N) is 3. The Labute approximate surface area is 290 Å². The summed E-state index contributed by atoms with van der Waals surface area (Å²) >= 11 is 14.5. The predicted octanol–water partition coefficient (Wildman–Crippen LogP) is 5.41. The monoisotopic (exact) mass is 701 g/mol. The van der Waals surface area contributed by atoms with Crippen LogP contribution < -0.4 is 14.4 Å². The number of para-hydroxylation sites is 2. The third-order valence-electron chi connectivity index (χ3n) is 10.5. The molecule has 0 spiro atoms. The highest BCUT2D eigenvalue weighted by molar-refractivity contribution is 6.53. The molecular formula is C36H29Cl2N3O8. The maximum absolute atomic E-state index is 14.4. The van der Waals surface area contributed by atoms with E-state index in [2.05, 4.69) is 4.98 Å². The summed E-state index contributed by atoms with van der Waals surface area (Å²) in [6.07, 6.45) is 1.89. The zero-order valence-electron chi connectivity index (χ0n) is 26.5. The first-order valence-electron chi connectivity index (χ1n) is 15.6. The van der Waals surface area contributed by atoms with Crippen molar-refractivity contribution in [1.29, 1.82) is 0 Å². The van der Waals surface area contributed by atoms with E-state index < -0.39 is 51.1 Å². The van der Waals surface area contributed by atoms with E-state index in [9.17, 15) is 24.3 Å². The number of oxazole rings is 1. The summed E-state index contributed by atoms with van der Waals surface area (Å²) in [5, 5.41) is 10.7. The van der Waals surface area contributed by atoms with E-state index in [-0.39, 0.29) is 36.0 Å². The maximum Gasteiger partial charge on any atom is 0.253 e. The van der Waals surface area contributed by atoms with Gasteiger partial charge >= 0.3 is 0 Å². The highest BCUT2D eigenvalue weighted by atomic mass is 35.5. The summed E-state index contributed by atoms with van der Waals surface area (Å²) in [7, 11) is 4.05. The summed E-state index contributed by atoms with van der Waals surface area (Å²) in [5.74, 6) is -5.31. The third kappa shape index (κ3) is 4.12. The van der Waals surface area contributed by atoms with E-state index in [1.807, 2.05) is 30.3 Å². The van der Waals surface area contributed by atoms with Crippen molar-refractivity contribution in [2.45, 2.75) is 28.5 Å². The number of allylic oxidation sites excluding steroid dienone is 2. The average molecular weight is 703 g/mol. The Morgan fingerprint density at radius 2 is 1.59 bits per heavy atom. The molecule has 1 aromatic heterocycles. The minimum absolute atomic E-state index is 0.0518. The predicted molar refractivity (Wildman–Crippen MR) is 179 cm³/mol. The molecule has 6 atom stereocenters. The number of benzene rings is 3. The fraction of sp³-hybridized carbons (Fsp3) is 0.306. The molecule has 0 radical (unpaired) electrons. The molecule has 2 saturated heterocycles. The molecule has 13 heteroatoms. The van der Waals surface area contributed by atoms with Crippen LogP contribution in [-0.2, 0) is 19.2 Å². The number of halogens is 2. The number of anilines is 1. The first kappa shape index (κ1) is 31.4. The van der Waals surface area contributed by atoms with Crippen LogP contribution in [0.2, 0.25) is 0 Å². The van der Waals surface area contributed by atoms with Crippen molar-refractivity contribution in [3.05, 3.63) is 77.9 Å². The minimum atomic E-state index is -1.99. The van der Waals surface area contributed by atoms with Crippen molar-refractivity contribution >= 4 is 63.6 Å². The number of aromatic nitrogens is 1. The number of ether oxygens (including phenoxy) is 2. The second-order valence-electron chi connectivity index (χ2n) is 12.8. The zero-order valence-corrected chi connectivity index (χ0v) is 28.0. The second-order valence-corrected chi connectivity index (χ2v) is 14.1. The second kappa shape index (κ2) is 10.8. The average Bonchev–Trinajstić information content (AvgIpc) is 3.69. The molecule has 49 heavy (non-hydrogen) atoms. The molecule has 4 amide bonds. The van der Waals surface area contributed by atoms with E-state index in [1.165, 1.54) is 38.3 Å². The fourth-order valence-electron chi connectivity index (χ4n) is 8.20. The number of phenols is 1. The number of hydrogen-bond donors (Lipinski definition) is 1. The molecule has 2 aliphatic carbocycles. The smallest absolute Gasteiger partial charge is 0.253 e. The van der Waals surface area contributed by atoms with Gasteiger partial charge in [0, 0.05) is 18.5 Å². The lowest BCUT2D eigenvalue weighted by Gasteiger charge is -2.50. The van der Waals surface area contributed by atoms with Gasteiger partial charge in [-0.1, -0.05) is 23.8 Å². The number of alkyl halides is 2. The SMILES string of the molecule is COc1cc(C2C3=CCC4C(=O)N(c5ccc(-c6nc7ccccc7o6)cc5)C(=O)C4C3CC3(Cl)C(=O)N(C)C(=O)C23Cl)cc(OC)c1O. The van der Waals surface area contributed by atoms with Gasteiger partial charge in [0.1, 0.15) is 5.52 Å². The molecule has 250 valence electrons. The first-order valence-corrected chi connectivity index (χ1v) is 16.4. The van der Waals surface area contributed by atoms with Gasteiger partial charge in [0.15, 0.2) is 26.8 Å². The minimum Gasteiger partial charge on any atom is -0.502 e. The van der Waals surface area contributed by atoms with Crippen molar-refractivity contribution in [3.8, 4) is 28.7 Å². The van der Waals surface area contributed by atoms with E-state index in [0.717, 1.165) is 4.90 Å². The number of methoxy groups -OCH3 is 2. The summed E-state index contributed by atoms with van der Waals surface area (Å²) in [5.41, 5.74) is 3.39. The van der Waals surface area contributed by atoms with Crippen molar-refractivity contribution in [3.63, 3.8) is 0 Å². The molecule has 2 aliphatic heterocycles. The zero-order chi connectivity index (χ0) is 34.6. The number of likely N-dealkylation sites (tertiary alicyclic amines) is 1. The first-order chi connectivity index (χ1) is 23.4. The molecule has 1 N–H and O–H groups in total. The van der Waals surface area contributed by atoms with Crippen molar-refractivity contribution in [2.24, 2.45) is 17.8 Å². The Balaban J connectivity index is 1.20. The number of hydrogen-bond acceptors (Lipinski definition) is 9. The molecule has 4 aromatic rings. The lowest BCUT2D eigenvalue weighted by molar-refractivity contribution is -0.138. The molecule has 3 aromatic carbocycles. The van der Waals surface area contributed by atoms with E-state index in [0.29, 0.717) is 39.4 Å². The molecule has 6 unspecified atom stereocenters. The van der Waals surface area contributed by atoms with E-state index in [1.54, 1.807) is 24.3 Å². The van der Waals surface area contributed by atoms with Crippen LogP contribution >= 0.6 is 23.2 Å². The largest absolute Gasteiger partial charge is 0.502 e. The normalized spacial score (nSPS) is 29.2. The summed E-state index contributed by atoms with van der Waals surface area (Å²) < 4.78 is 16.7.